The fourth-order valence-corrected chi connectivity index (χ4v) is 2.10. The summed E-state index contributed by atoms with van der Waals surface area (Å²) >= 11 is 0. The minimum absolute atomic E-state index is 0.169. The molecule has 7 nitrogen and oxygen atoms in total. The van der Waals surface area contributed by atoms with Gasteiger partial charge in [-0.05, 0) is 19.8 Å². The predicted octanol–water partition coefficient (Wildman–Crippen LogP) is 0.263. The molecular formula is C10H19N7. The lowest BCUT2D eigenvalue weighted by molar-refractivity contribution is 0.207. The summed E-state index contributed by atoms with van der Waals surface area (Å²) in [6.45, 7) is 4.91. The molecule has 0 unspecified atom stereocenters. The number of nitrogen functional groups attached to an aromatic ring is 2. The molecule has 1 aliphatic heterocycles. The Bertz CT molecular complexity index is 355. The number of nitrogens with two attached hydrogens (primary N) is 2. The molecular weight excluding hydrogens is 218 g/mol. The highest BCUT2D eigenvalue weighted by atomic mass is 15.7. The van der Waals surface area contributed by atoms with Crippen LogP contribution in [0, 0.1) is 0 Å². The van der Waals surface area contributed by atoms with Gasteiger partial charge in [-0.2, -0.15) is 15.0 Å². The number of hydrogen-bond donors (Lipinski definition) is 2. The molecule has 1 saturated heterocycles. The van der Waals surface area contributed by atoms with Gasteiger partial charge in [0, 0.05) is 19.6 Å². The summed E-state index contributed by atoms with van der Waals surface area (Å²) in [7, 11) is 0. The molecule has 0 spiro atoms. The van der Waals surface area contributed by atoms with Crippen molar-refractivity contribution in [1.82, 2.24) is 20.0 Å². The second kappa shape index (κ2) is 5.13. The van der Waals surface area contributed by atoms with Crippen LogP contribution in [-0.4, -0.2) is 39.6 Å². The van der Waals surface area contributed by atoms with Crippen LogP contribution in [0.1, 0.15) is 26.2 Å². The molecule has 0 aliphatic carbocycles. The van der Waals surface area contributed by atoms with Crippen molar-refractivity contribution >= 4 is 17.8 Å². The van der Waals surface area contributed by atoms with Crippen molar-refractivity contribution < 1.29 is 0 Å². The molecule has 0 radical (unpaired) electrons. The van der Waals surface area contributed by atoms with Crippen molar-refractivity contribution in [2.75, 3.05) is 36.1 Å². The van der Waals surface area contributed by atoms with E-state index < -0.39 is 0 Å². The molecule has 17 heavy (non-hydrogen) atoms. The van der Waals surface area contributed by atoms with Crippen LogP contribution in [0.2, 0.25) is 0 Å². The van der Waals surface area contributed by atoms with E-state index in [0.29, 0.717) is 5.95 Å². The topological polar surface area (TPSA) is 97.2 Å². The monoisotopic (exact) mass is 237 g/mol. The lowest BCUT2D eigenvalue weighted by Crippen LogP contribution is -2.46. The quantitative estimate of drug-likeness (QED) is 0.778. The molecule has 4 N–H and O–H groups in total. The van der Waals surface area contributed by atoms with Gasteiger partial charge in [0.05, 0.1) is 0 Å². The van der Waals surface area contributed by atoms with E-state index in [0.717, 1.165) is 19.6 Å². The van der Waals surface area contributed by atoms with Gasteiger partial charge in [-0.3, -0.25) is 5.01 Å². The van der Waals surface area contributed by atoms with Crippen LogP contribution in [-0.2, 0) is 0 Å². The molecule has 1 aromatic heterocycles. The Hall–Kier alpha value is -1.63. The highest BCUT2D eigenvalue weighted by molar-refractivity contribution is 5.38. The van der Waals surface area contributed by atoms with Crippen LogP contribution in [0.25, 0.3) is 0 Å². The van der Waals surface area contributed by atoms with Gasteiger partial charge < -0.3 is 11.5 Å². The van der Waals surface area contributed by atoms with Gasteiger partial charge in [-0.15, -0.1) is 0 Å². The third-order valence-corrected chi connectivity index (χ3v) is 2.86. The summed E-state index contributed by atoms with van der Waals surface area (Å²) in [6, 6.07) is 0. The summed E-state index contributed by atoms with van der Waals surface area (Å²) in [5, 5.41) is 4.27. The molecule has 2 rings (SSSR count). The maximum absolute atomic E-state index is 5.59. The standard InChI is InChI=1S/C10H19N7/c1-2-17(16-6-4-3-5-7-16)10-14-8(11)13-9(12)15-10/h2-7H2,1H3,(H4,11,12,13,14,15). The largest absolute Gasteiger partial charge is 0.368 e. The van der Waals surface area contributed by atoms with Crippen molar-refractivity contribution in [2.24, 2.45) is 0 Å². The Morgan fingerprint density at radius 1 is 1.06 bits per heavy atom. The number of aromatic nitrogens is 3. The zero-order chi connectivity index (χ0) is 12.3. The Kier molecular flexibility index (Phi) is 3.58. The second-order valence-electron chi connectivity index (χ2n) is 4.08. The van der Waals surface area contributed by atoms with Crippen LogP contribution in [0.3, 0.4) is 0 Å². The van der Waals surface area contributed by atoms with Gasteiger partial charge in [0.1, 0.15) is 0 Å². The summed E-state index contributed by atoms with van der Waals surface area (Å²) in [6.07, 6.45) is 3.69. The Morgan fingerprint density at radius 3 is 2.18 bits per heavy atom. The average Bonchev–Trinajstić information content (AvgIpc) is 2.30. The number of anilines is 3. The van der Waals surface area contributed by atoms with Gasteiger partial charge in [-0.1, -0.05) is 6.42 Å². The van der Waals surface area contributed by atoms with E-state index in [-0.39, 0.29) is 11.9 Å². The zero-order valence-electron chi connectivity index (χ0n) is 10.1. The third kappa shape index (κ3) is 2.73. The van der Waals surface area contributed by atoms with Crippen molar-refractivity contribution in [1.29, 1.82) is 0 Å². The number of rotatable bonds is 3. The van der Waals surface area contributed by atoms with Crippen LogP contribution in [0.4, 0.5) is 17.8 Å². The second-order valence-corrected chi connectivity index (χ2v) is 4.08. The summed E-state index contributed by atoms with van der Waals surface area (Å²) in [5.74, 6) is 0.880. The Balaban J connectivity index is 2.21. The smallest absolute Gasteiger partial charge is 0.246 e. The number of piperidine rings is 1. The number of hydrogen-bond acceptors (Lipinski definition) is 7. The van der Waals surface area contributed by atoms with Crippen LogP contribution in [0.15, 0.2) is 0 Å². The molecule has 1 aromatic rings. The highest BCUT2D eigenvalue weighted by Gasteiger charge is 2.20. The normalized spacial score (nSPS) is 17.0. The molecule has 7 heteroatoms. The Morgan fingerprint density at radius 2 is 1.65 bits per heavy atom. The van der Waals surface area contributed by atoms with Crippen molar-refractivity contribution in [3.8, 4) is 0 Å². The first-order valence-corrected chi connectivity index (χ1v) is 6.00. The molecule has 0 amide bonds. The van der Waals surface area contributed by atoms with Gasteiger partial charge >= 0.3 is 0 Å². The Labute approximate surface area is 101 Å². The zero-order valence-corrected chi connectivity index (χ0v) is 10.1. The summed E-state index contributed by atoms with van der Waals surface area (Å²) in [5.41, 5.74) is 11.2. The lowest BCUT2D eigenvalue weighted by Gasteiger charge is -2.36. The first kappa shape index (κ1) is 11.8. The van der Waals surface area contributed by atoms with Crippen LogP contribution >= 0.6 is 0 Å². The SMILES string of the molecule is CCN(c1nc(N)nc(N)n1)N1CCCCC1. The van der Waals surface area contributed by atoms with E-state index in [2.05, 4.69) is 26.9 Å². The maximum atomic E-state index is 5.59. The minimum atomic E-state index is 0.169. The van der Waals surface area contributed by atoms with Gasteiger partial charge in [0.15, 0.2) is 0 Å². The molecule has 0 saturated carbocycles. The molecule has 2 heterocycles. The minimum Gasteiger partial charge on any atom is -0.368 e. The van der Waals surface area contributed by atoms with Crippen LogP contribution < -0.4 is 16.5 Å². The van der Waals surface area contributed by atoms with E-state index in [9.17, 15) is 0 Å². The molecule has 0 atom stereocenters. The fourth-order valence-electron chi connectivity index (χ4n) is 2.10. The molecule has 1 fully saturated rings. The summed E-state index contributed by atoms with van der Waals surface area (Å²) < 4.78 is 0. The van der Waals surface area contributed by atoms with Crippen molar-refractivity contribution in [3.05, 3.63) is 0 Å². The predicted molar refractivity (Wildman–Crippen MR) is 67.1 cm³/mol. The van der Waals surface area contributed by atoms with Gasteiger partial charge in [0.25, 0.3) is 0 Å². The molecule has 94 valence electrons. The first-order chi connectivity index (χ1) is 8.20. The number of hydrazine groups is 1. The molecule has 1 aliphatic rings. The maximum Gasteiger partial charge on any atom is 0.246 e. The third-order valence-electron chi connectivity index (χ3n) is 2.86. The molecule has 0 aromatic carbocycles. The number of nitrogens with zero attached hydrogens (tertiary/aromatic N) is 5. The van der Waals surface area contributed by atoms with Gasteiger partial charge in [-0.25, -0.2) is 5.01 Å². The van der Waals surface area contributed by atoms with Crippen LogP contribution in [0.5, 0.6) is 0 Å². The lowest BCUT2D eigenvalue weighted by atomic mass is 10.2. The van der Waals surface area contributed by atoms with E-state index in [1.165, 1.54) is 19.3 Å². The average molecular weight is 237 g/mol. The van der Waals surface area contributed by atoms with Crippen molar-refractivity contribution in [2.45, 2.75) is 26.2 Å². The van der Waals surface area contributed by atoms with E-state index in [1.54, 1.807) is 0 Å². The molecule has 0 bridgehead atoms. The highest BCUT2D eigenvalue weighted by Crippen LogP contribution is 2.17. The van der Waals surface area contributed by atoms with E-state index in [4.69, 9.17) is 11.5 Å². The van der Waals surface area contributed by atoms with Crippen molar-refractivity contribution in [3.63, 3.8) is 0 Å². The summed E-state index contributed by atoms with van der Waals surface area (Å²) in [4.78, 5) is 12.1. The van der Waals surface area contributed by atoms with E-state index >= 15 is 0 Å². The van der Waals surface area contributed by atoms with E-state index in [1.807, 2.05) is 5.01 Å². The first-order valence-electron chi connectivity index (χ1n) is 6.00. The fraction of sp³-hybridized carbons (Fsp3) is 0.700. The van der Waals surface area contributed by atoms with Gasteiger partial charge in [0.2, 0.25) is 17.8 Å².